The molecule has 0 saturated carbocycles. The topological polar surface area (TPSA) is 15.3 Å². The summed E-state index contributed by atoms with van der Waals surface area (Å²) in [6, 6.07) is 6.58. The van der Waals surface area contributed by atoms with E-state index in [2.05, 4.69) is 31.0 Å². The number of benzene rings is 1. The summed E-state index contributed by atoms with van der Waals surface area (Å²) in [5.74, 6) is 0.670. The van der Waals surface area contributed by atoms with Crippen LogP contribution in [0.2, 0.25) is 0 Å². The highest BCUT2D eigenvalue weighted by atomic mass is 19.1. The summed E-state index contributed by atoms with van der Waals surface area (Å²) in [4.78, 5) is 2.53. The summed E-state index contributed by atoms with van der Waals surface area (Å²) in [5, 5.41) is 3.35. The Labute approximate surface area is 122 Å². The van der Waals surface area contributed by atoms with Crippen molar-refractivity contribution in [1.29, 1.82) is 0 Å². The van der Waals surface area contributed by atoms with Crippen LogP contribution in [0.15, 0.2) is 24.3 Å². The minimum absolute atomic E-state index is 0.181. The molecule has 1 fully saturated rings. The molecule has 20 heavy (non-hydrogen) atoms. The van der Waals surface area contributed by atoms with Gasteiger partial charge in [0.15, 0.2) is 0 Å². The number of hydrogen-bond donors (Lipinski definition) is 1. The lowest BCUT2D eigenvalue weighted by Crippen LogP contribution is -2.40. The van der Waals surface area contributed by atoms with Gasteiger partial charge in [-0.3, -0.25) is 0 Å². The van der Waals surface area contributed by atoms with Gasteiger partial charge in [0.25, 0.3) is 0 Å². The van der Waals surface area contributed by atoms with Gasteiger partial charge in [-0.15, -0.1) is 0 Å². The molecule has 1 aromatic carbocycles. The Morgan fingerprint density at radius 2 is 1.75 bits per heavy atom. The van der Waals surface area contributed by atoms with Gasteiger partial charge in [-0.05, 0) is 61.5 Å². The van der Waals surface area contributed by atoms with E-state index in [0.717, 1.165) is 24.7 Å². The molecular weight excluding hydrogens is 251 g/mol. The quantitative estimate of drug-likeness (QED) is 0.895. The van der Waals surface area contributed by atoms with Crippen molar-refractivity contribution in [2.45, 2.75) is 33.6 Å². The highest BCUT2D eigenvalue weighted by molar-refractivity contribution is 5.42. The van der Waals surface area contributed by atoms with Gasteiger partial charge in [-0.2, -0.15) is 0 Å². The summed E-state index contributed by atoms with van der Waals surface area (Å²) in [5.41, 5.74) is 1.44. The first-order chi connectivity index (χ1) is 9.45. The van der Waals surface area contributed by atoms with Crippen LogP contribution < -0.4 is 5.32 Å². The highest BCUT2D eigenvalue weighted by Gasteiger charge is 2.28. The van der Waals surface area contributed by atoms with Crippen molar-refractivity contribution in [2.24, 2.45) is 11.3 Å². The van der Waals surface area contributed by atoms with E-state index >= 15 is 0 Å². The van der Waals surface area contributed by atoms with Crippen LogP contribution in [0.1, 0.15) is 33.6 Å². The zero-order valence-corrected chi connectivity index (χ0v) is 13.0. The van der Waals surface area contributed by atoms with Gasteiger partial charge in [0, 0.05) is 18.8 Å². The van der Waals surface area contributed by atoms with Crippen molar-refractivity contribution in [3.63, 3.8) is 0 Å². The van der Waals surface area contributed by atoms with Gasteiger partial charge in [-0.1, -0.05) is 20.8 Å². The second-order valence-corrected chi connectivity index (χ2v) is 6.92. The molecule has 0 unspecified atom stereocenters. The van der Waals surface area contributed by atoms with Crippen LogP contribution in [0.4, 0.5) is 10.1 Å². The lowest BCUT2D eigenvalue weighted by atomic mass is 9.75. The second kappa shape index (κ2) is 6.57. The zero-order chi connectivity index (χ0) is 14.6. The van der Waals surface area contributed by atoms with E-state index in [0.29, 0.717) is 5.41 Å². The highest BCUT2D eigenvalue weighted by Crippen LogP contribution is 2.34. The number of piperidine rings is 1. The Morgan fingerprint density at radius 3 is 2.30 bits per heavy atom. The van der Waals surface area contributed by atoms with Crippen LogP contribution in [0.25, 0.3) is 0 Å². The fourth-order valence-corrected chi connectivity index (χ4v) is 2.95. The summed E-state index contributed by atoms with van der Waals surface area (Å²) < 4.78 is 12.8. The molecule has 0 radical (unpaired) electrons. The Bertz CT molecular complexity index is 400. The van der Waals surface area contributed by atoms with Crippen LogP contribution in [0.3, 0.4) is 0 Å². The first-order valence-electron chi connectivity index (χ1n) is 7.67. The van der Waals surface area contributed by atoms with Crippen LogP contribution in [-0.4, -0.2) is 31.1 Å². The molecule has 1 N–H and O–H groups in total. The van der Waals surface area contributed by atoms with E-state index in [4.69, 9.17) is 0 Å². The van der Waals surface area contributed by atoms with E-state index in [1.54, 1.807) is 12.1 Å². The van der Waals surface area contributed by atoms with E-state index in [-0.39, 0.29) is 5.82 Å². The van der Waals surface area contributed by atoms with E-state index < -0.39 is 0 Å². The van der Waals surface area contributed by atoms with Crippen molar-refractivity contribution in [3.8, 4) is 0 Å². The molecule has 1 aliphatic heterocycles. The molecule has 0 amide bonds. The fraction of sp³-hybridized carbons (Fsp3) is 0.647. The van der Waals surface area contributed by atoms with Gasteiger partial charge >= 0.3 is 0 Å². The first kappa shape index (κ1) is 15.3. The molecule has 1 heterocycles. The monoisotopic (exact) mass is 278 g/mol. The molecule has 0 atom stereocenters. The van der Waals surface area contributed by atoms with Crippen molar-refractivity contribution >= 4 is 5.69 Å². The predicted molar refractivity (Wildman–Crippen MR) is 83.5 cm³/mol. The average molecular weight is 278 g/mol. The molecule has 112 valence electrons. The van der Waals surface area contributed by atoms with E-state index in [1.807, 2.05) is 0 Å². The minimum Gasteiger partial charge on any atom is -0.384 e. The van der Waals surface area contributed by atoms with Crippen molar-refractivity contribution in [2.75, 3.05) is 31.5 Å². The molecule has 0 aromatic heterocycles. The number of anilines is 1. The number of hydrogen-bond acceptors (Lipinski definition) is 2. The number of nitrogens with zero attached hydrogens (tertiary/aromatic N) is 1. The Morgan fingerprint density at radius 1 is 1.15 bits per heavy atom. The average Bonchev–Trinajstić information content (AvgIpc) is 2.41. The molecule has 1 aliphatic rings. The van der Waals surface area contributed by atoms with Crippen LogP contribution in [0.5, 0.6) is 0 Å². The molecule has 2 nitrogen and oxygen atoms in total. The molecule has 0 bridgehead atoms. The molecule has 1 saturated heterocycles. The third-order valence-electron chi connectivity index (χ3n) is 4.41. The smallest absolute Gasteiger partial charge is 0.123 e. The van der Waals surface area contributed by atoms with Crippen LogP contribution >= 0.6 is 0 Å². The van der Waals surface area contributed by atoms with Gasteiger partial charge in [0.1, 0.15) is 5.82 Å². The molecule has 0 spiro atoms. The normalized spacial score (nSPS) is 18.2. The van der Waals surface area contributed by atoms with Crippen molar-refractivity contribution in [3.05, 3.63) is 30.1 Å². The third kappa shape index (κ3) is 4.48. The largest absolute Gasteiger partial charge is 0.384 e. The van der Waals surface area contributed by atoms with Gasteiger partial charge in [-0.25, -0.2) is 4.39 Å². The van der Waals surface area contributed by atoms with Crippen LogP contribution in [0, 0.1) is 17.2 Å². The fourth-order valence-electron chi connectivity index (χ4n) is 2.95. The maximum Gasteiger partial charge on any atom is 0.123 e. The predicted octanol–water partition coefficient (Wildman–Crippen LogP) is 4.00. The Balaban J connectivity index is 1.67. The lowest BCUT2D eigenvalue weighted by molar-refractivity contribution is 0.115. The SMILES string of the molecule is CC(C)(C)C1CCN(CCNc2ccc(F)cc2)CC1. The van der Waals surface area contributed by atoms with Crippen molar-refractivity contribution < 1.29 is 4.39 Å². The number of rotatable bonds is 4. The molecule has 2 rings (SSSR count). The maximum absolute atomic E-state index is 12.8. The van der Waals surface area contributed by atoms with E-state index in [9.17, 15) is 4.39 Å². The maximum atomic E-state index is 12.8. The third-order valence-corrected chi connectivity index (χ3v) is 4.41. The summed E-state index contributed by atoms with van der Waals surface area (Å²) >= 11 is 0. The molecule has 3 heteroatoms. The van der Waals surface area contributed by atoms with Crippen molar-refractivity contribution in [1.82, 2.24) is 4.90 Å². The molecule has 1 aromatic rings. The zero-order valence-electron chi connectivity index (χ0n) is 13.0. The standard InChI is InChI=1S/C17H27FN2/c1-17(2,3)14-8-11-20(12-9-14)13-10-19-16-6-4-15(18)5-7-16/h4-7,14,19H,8-13H2,1-3H3. The van der Waals surface area contributed by atoms with Gasteiger partial charge < -0.3 is 10.2 Å². The van der Waals surface area contributed by atoms with Crippen LogP contribution in [-0.2, 0) is 0 Å². The summed E-state index contributed by atoms with van der Waals surface area (Å²) in [7, 11) is 0. The number of halogens is 1. The molecule has 0 aliphatic carbocycles. The number of likely N-dealkylation sites (tertiary alicyclic amines) is 1. The number of nitrogens with one attached hydrogen (secondary N) is 1. The molecular formula is C17H27FN2. The second-order valence-electron chi connectivity index (χ2n) is 6.92. The lowest BCUT2D eigenvalue weighted by Gasteiger charge is -2.38. The first-order valence-corrected chi connectivity index (χ1v) is 7.67. The van der Waals surface area contributed by atoms with Gasteiger partial charge in [0.2, 0.25) is 0 Å². The minimum atomic E-state index is -0.181. The van der Waals surface area contributed by atoms with E-state index in [1.165, 1.54) is 38.1 Å². The Kier molecular flexibility index (Phi) is 5.03. The summed E-state index contributed by atoms with van der Waals surface area (Å²) in [6.07, 6.45) is 2.61. The summed E-state index contributed by atoms with van der Waals surface area (Å²) in [6.45, 7) is 11.4. The van der Waals surface area contributed by atoms with Gasteiger partial charge in [0.05, 0.1) is 0 Å². The Hall–Kier alpha value is -1.09.